The zero-order valence-electron chi connectivity index (χ0n) is 9.37. The van der Waals surface area contributed by atoms with E-state index in [2.05, 4.69) is 9.97 Å². The monoisotopic (exact) mass is 237 g/mol. The van der Waals surface area contributed by atoms with Crippen LogP contribution in [0.4, 0.5) is 0 Å². The first-order valence-corrected chi connectivity index (χ1v) is 6.85. The highest BCUT2D eigenvalue weighted by molar-refractivity contribution is 7.95. The van der Waals surface area contributed by atoms with Gasteiger partial charge in [-0.15, -0.1) is 0 Å². The summed E-state index contributed by atoms with van der Waals surface area (Å²) in [6.45, 7) is 1.84. The van der Waals surface area contributed by atoms with Gasteiger partial charge in [0.1, 0.15) is 18.2 Å². The lowest BCUT2D eigenvalue weighted by molar-refractivity contribution is 0.466. The minimum Gasteiger partial charge on any atom is -0.503 e. The van der Waals surface area contributed by atoms with Crippen molar-refractivity contribution in [3.63, 3.8) is 0 Å². The lowest BCUT2D eigenvalue weighted by Crippen LogP contribution is -2.16. The molecule has 84 valence electrons. The van der Waals surface area contributed by atoms with Gasteiger partial charge in [0, 0.05) is 16.6 Å². The Hall–Kier alpha value is -1.49. The number of nitrogens with one attached hydrogen (secondary N) is 1. The van der Waals surface area contributed by atoms with Gasteiger partial charge in [0.2, 0.25) is 0 Å². The summed E-state index contributed by atoms with van der Waals surface area (Å²) in [5, 5.41) is 10.6. The van der Waals surface area contributed by atoms with Crippen LogP contribution in [-0.4, -0.2) is 27.6 Å². The maximum Gasteiger partial charge on any atom is 0.308 e. The number of aromatic amines is 1. The maximum atomic E-state index is 11.8. The maximum absolute atomic E-state index is 11.8. The number of fused-ring (bicyclic) bond motifs is 1. The Bertz CT molecular complexity index is 605. The van der Waals surface area contributed by atoms with Gasteiger partial charge in [-0.05, 0) is 19.1 Å². The topological polar surface area (TPSA) is 66.0 Å². The molecular formula is C11H13N2O2S+. The summed E-state index contributed by atoms with van der Waals surface area (Å²) in [5.41, 5.74) is 0.996. The molecule has 0 atom stereocenters. The Kier molecular flexibility index (Phi) is 2.63. The van der Waals surface area contributed by atoms with Crippen molar-refractivity contribution in [3.05, 3.63) is 28.2 Å². The normalized spacial score (nSPS) is 11.2. The first kappa shape index (κ1) is 11.0. The smallest absolute Gasteiger partial charge is 0.308 e. The Labute approximate surface area is 95.7 Å². The molecule has 0 aliphatic heterocycles. The van der Waals surface area contributed by atoms with Crippen LogP contribution in [0.1, 0.15) is 5.69 Å². The lowest BCUT2D eigenvalue weighted by Gasteiger charge is -2.04. The second-order valence-corrected chi connectivity index (χ2v) is 5.84. The van der Waals surface area contributed by atoms with E-state index in [1.807, 2.05) is 25.5 Å². The summed E-state index contributed by atoms with van der Waals surface area (Å²) in [7, 11) is -0.285. The van der Waals surface area contributed by atoms with E-state index in [4.69, 9.17) is 0 Å². The van der Waals surface area contributed by atoms with Crippen LogP contribution in [-0.2, 0) is 10.9 Å². The number of H-pyrrole nitrogens is 1. The van der Waals surface area contributed by atoms with Crippen LogP contribution < -0.4 is 5.56 Å². The summed E-state index contributed by atoms with van der Waals surface area (Å²) in [4.78, 5) is 19.1. The van der Waals surface area contributed by atoms with Crippen LogP contribution in [0.3, 0.4) is 0 Å². The molecule has 0 spiro atoms. The van der Waals surface area contributed by atoms with Gasteiger partial charge in [-0.25, -0.2) is 4.98 Å². The van der Waals surface area contributed by atoms with E-state index in [0.717, 1.165) is 5.69 Å². The van der Waals surface area contributed by atoms with E-state index in [-0.39, 0.29) is 22.2 Å². The Morgan fingerprint density at radius 3 is 2.69 bits per heavy atom. The second-order valence-electron chi connectivity index (χ2n) is 3.80. The highest BCUT2D eigenvalue weighted by Gasteiger charge is 2.22. The van der Waals surface area contributed by atoms with Gasteiger partial charge >= 0.3 is 5.56 Å². The predicted molar refractivity (Wildman–Crippen MR) is 66.2 cm³/mol. The molecule has 0 unspecified atom stereocenters. The molecule has 0 aromatic carbocycles. The average molecular weight is 237 g/mol. The van der Waals surface area contributed by atoms with Crippen molar-refractivity contribution in [2.75, 3.05) is 12.5 Å². The summed E-state index contributed by atoms with van der Waals surface area (Å²) < 4.78 is 0. The molecule has 0 saturated carbocycles. The number of rotatable bonds is 1. The lowest BCUT2D eigenvalue weighted by atomic mass is 10.2. The van der Waals surface area contributed by atoms with E-state index in [1.54, 1.807) is 6.07 Å². The molecule has 0 saturated heterocycles. The number of nitrogens with zero attached hydrogens (tertiary/aromatic N) is 1. The minimum atomic E-state index is -0.285. The molecule has 0 aliphatic rings. The van der Waals surface area contributed by atoms with Crippen molar-refractivity contribution >= 4 is 21.9 Å². The molecule has 0 amide bonds. The standard InChI is InChI=1S/C11H12N2O2S/c1-6-4-5-7-8(14)9(16(2)3)11(15)13-10(7)12-6/h4-5H,1-3H3,(H-,12,13,14,15)/p+1. The molecule has 2 N–H and O–H groups in total. The number of aromatic nitrogens is 2. The number of pyridine rings is 2. The molecule has 2 rings (SSSR count). The molecule has 2 aromatic heterocycles. The molecule has 16 heavy (non-hydrogen) atoms. The SMILES string of the molecule is Cc1ccc2c(O)c([S+](C)C)c(=O)[nH]c2n1. The van der Waals surface area contributed by atoms with Crippen molar-refractivity contribution < 1.29 is 5.11 Å². The van der Waals surface area contributed by atoms with Crippen molar-refractivity contribution in [1.29, 1.82) is 0 Å². The Balaban J connectivity index is 2.89. The van der Waals surface area contributed by atoms with Gasteiger partial charge in [0.15, 0.2) is 5.75 Å². The highest BCUT2D eigenvalue weighted by Crippen LogP contribution is 2.26. The number of hydrogen-bond acceptors (Lipinski definition) is 3. The molecule has 0 aliphatic carbocycles. The minimum absolute atomic E-state index is 0.0552. The first-order chi connectivity index (χ1) is 7.50. The molecule has 2 aromatic rings. The van der Waals surface area contributed by atoms with Gasteiger partial charge in [0.05, 0.1) is 5.39 Å². The van der Waals surface area contributed by atoms with E-state index in [9.17, 15) is 9.90 Å². The summed E-state index contributed by atoms with van der Waals surface area (Å²) >= 11 is 0. The van der Waals surface area contributed by atoms with Crippen molar-refractivity contribution in [2.45, 2.75) is 11.8 Å². The number of aromatic hydroxyl groups is 1. The molecular weight excluding hydrogens is 224 g/mol. The fourth-order valence-corrected chi connectivity index (χ4v) is 2.53. The first-order valence-electron chi connectivity index (χ1n) is 4.81. The van der Waals surface area contributed by atoms with Gasteiger partial charge in [-0.3, -0.25) is 4.79 Å². The fraction of sp³-hybridized carbons (Fsp3) is 0.273. The number of aryl methyl sites for hydroxylation is 1. The zero-order chi connectivity index (χ0) is 11.9. The van der Waals surface area contributed by atoms with Crippen LogP contribution in [0, 0.1) is 6.92 Å². The third kappa shape index (κ3) is 1.67. The van der Waals surface area contributed by atoms with E-state index < -0.39 is 0 Å². The molecule has 0 bridgehead atoms. The molecule has 4 nitrogen and oxygen atoms in total. The molecule has 5 heteroatoms. The van der Waals surface area contributed by atoms with Crippen LogP contribution in [0.15, 0.2) is 21.8 Å². The van der Waals surface area contributed by atoms with Gasteiger partial charge in [-0.2, -0.15) is 0 Å². The highest BCUT2D eigenvalue weighted by atomic mass is 32.2. The predicted octanol–water partition coefficient (Wildman–Crippen LogP) is 1.17. The van der Waals surface area contributed by atoms with Gasteiger partial charge in [0.25, 0.3) is 4.90 Å². The quantitative estimate of drug-likeness (QED) is 0.732. The van der Waals surface area contributed by atoms with Crippen molar-refractivity contribution in [2.24, 2.45) is 0 Å². The largest absolute Gasteiger partial charge is 0.503 e. The molecule has 0 radical (unpaired) electrons. The van der Waals surface area contributed by atoms with Crippen LogP contribution >= 0.6 is 0 Å². The van der Waals surface area contributed by atoms with Crippen LogP contribution in [0.5, 0.6) is 5.75 Å². The third-order valence-electron chi connectivity index (χ3n) is 2.35. The fourth-order valence-electron chi connectivity index (χ4n) is 1.62. The van der Waals surface area contributed by atoms with Crippen LogP contribution in [0.2, 0.25) is 0 Å². The Morgan fingerprint density at radius 1 is 1.38 bits per heavy atom. The second kappa shape index (κ2) is 3.83. The van der Waals surface area contributed by atoms with E-state index in [1.165, 1.54) is 0 Å². The van der Waals surface area contributed by atoms with E-state index >= 15 is 0 Å². The molecule has 0 fully saturated rings. The summed E-state index contributed by atoms with van der Waals surface area (Å²) in [5.74, 6) is 0.0552. The molecule has 2 heterocycles. The Morgan fingerprint density at radius 2 is 2.06 bits per heavy atom. The van der Waals surface area contributed by atoms with E-state index in [0.29, 0.717) is 15.9 Å². The summed E-state index contributed by atoms with van der Waals surface area (Å²) in [6.07, 6.45) is 3.80. The third-order valence-corrected chi connectivity index (χ3v) is 3.55. The zero-order valence-corrected chi connectivity index (χ0v) is 10.2. The average Bonchev–Trinajstić information content (AvgIpc) is 2.15. The van der Waals surface area contributed by atoms with Gasteiger partial charge < -0.3 is 10.1 Å². The van der Waals surface area contributed by atoms with Crippen molar-refractivity contribution in [1.82, 2.24) is 9.97 Å². The summed E-state index contributed by atoms with van der Waals surface area (Å²) in [6, 6.07) is 3.59. The van der Waals surface area contributed by atoms with Crippen molar-refractivity contribution in [3.8, 4) is 5.75 Å². The van der Waals surface area contributed by atoms with Gasteiger partial charge in [-0.1, -0.05) is 0 Å². The number of hydrogen-bond donors (Lipinski definition) is 2. The van der Waals surface area contributed by atoms with Crippen LogP contribution in [0.25, 0.3) is 11.0 Å².